The number of carbonyl (C=O) groups excluding carboxylic acids is 1. The highest BCUT2D eigenvalue weighted by Gasteiger charge is 2.42. The lowest BCUT2D eigenvalue weighted by molar-refractivity contribution is -0.117. The first-order valence-corrected chi connectivity index (χ1v) is 16.5. The molecule has 3 aromatic heterocycles. The van der Waals surface area contributed by atoms with E-state index in [9.17, 15) is 9.90 Å². The van der Waals surface area contributed by atoms with E-state index in [1.807, 2.05) is 16.8 Å². The molecular weight excluding hydrogens is 490 g/mol. The van der Waals surface area contributed by atoms with Gasteiger partial charge >= 0.3 is 0 Å². The second kappa shape index (κ2) is 10.4. The van der Waals surface area contributed by atoms with Crippen LogP contribution in [0, 0.1) is 11.8 Å². The summed E-state index contributed by atoms with van der Waals surface area (Å²) >= 11 is 0. The second-order valence-corrected chi connectivity index (χ2v) is 16.7. The molecule has 0 radical (unpaired) electrons. The molecule has 2 atom stereocenters. The van der Waals surface area contributed by atoms with Crippen molar-refractivity contribution in [3.05, 3.63) is 24.7 Å². The van der Waals surface area contributed by atoms with Gasteiger partial charge in [0.2, 0.25) is 17.7 Å². The smallest absolute Gasteiger partial charge is 0.229 e. The zero-order valence-electron chi connectivity index (χ0n) is 21.9. The number of anilines is 1. The van der Waals surface area contributed by atoms with Gasteiger partial charge in [-0.15, -0.1) is 0 Å². The van der Waals surface area contributed by atoms with Crippen LogP contribution >= 0.6 is 0 Å². The first-order chi connectivity index (χ1) is 17.8. The maximum absolute atomic E-state index is 12.6. The van der Waals surface area contributed by atoms with E-state index in [-0.39, 0.29) is 30.5 Å². The van der Waals surface area contributed by atoms with Crippen LogP contribution < -0.4 is 14.8 Å². The van der Waals surface area contributed by atoms with Crippen LogP contribution in [0.1, 0.15) is 19.3 Å². The van der Waals surface area contributed by atoms with E-state index in [0.717, 1.165) is 29.8 Å². The number of rotatable bonds is 12. The van der Waals surface area contributed by atoms with Crippen LogP contribution in [0.5, 0.6) is 11.8 Å². The Kier molecular flexibility index (Phi) is 7.19. The van der Waals surface area contributed by atoms with Gasteiger partial charge in [0.25, 0.3) is 0 Å². The Bertz CT molecular complexity index is 1290. The molecule has 198 valence electrons. The first kappa shape index (κ1) is 25.6. The molecule has 0 spiro atoms. The van der Waals surface area contributed by atoms with Gasteiger partial charge in [-0.25, -0.2) is 15.0 Å². The Morgan fingerprint density at radius 1 is 1.22 bits per heavy atom. The van der Waals surface area contributed by atoms with Gasteiger partial charge in [-0.2, -0.15) is 0 Å². The number of hydrogen-bond acceptors (Lipinski definition) is 8. The monoisotopic (exact) mass is 525 g/mol. The lowest BCUT2D eigenvalue weighted by Crippen LogP contribution is -2.22. The van der Waals surface area contributed by atoms with Crippen LogP contribution in [0.15, 0.2) is 24.7 Å². The standard InChI is InChI=1S/C26H35N5O5Si/c1-34-25-22(26(28-14-27-25)36-17-5-6-17)20-12-31(15-35-9-10-37(2,3)4)23-18(20)7-8-21(29-23)30-24(33)19-11-16(19)13-32/h7-8,12,14,16-17,19,32H,5-6,9-11,13,15H2,1-4H3,(H,29,30,33). The summed E-state index contributed by atoms with van der Waals surface area (Å²) in [6.45, 7) is 7.97. The zero-order chi connectivity index (χ0) is 26.2. The largest absolute Gasteiger partial charge is 0.480 e. The molecule has 5 rings (SSSR count). The molecule has 11 heteroatoms. The van der Waals surface area contributed by atoms with Crippen LogP contribution in [0.2, 0.25) is 25.7 Å². The van der Waals surface area contributed by atoms with Crippen LogP contribution in [-0.2, 0) is 16.3 Å². The Morgan fingerprint density at radius 3 is 2.68 bits per heavy atom. The molecule has 1 amide bonds. The van der Waals surface area contributed by atoms with Gasteiger partial charge in [0.15, 0.2) is 0 Å². The van der Waals surface area contributed by atoms with Crippen LogP contribution in [0.3, 0.4) is 0 Å². The lowest BCUT2D eigenvalue weighted by atomic mass is 10.1. The number of methoxy groups -OCH3 is 1. The highest BCUT2D eigenvalue weighted by molar-refractivity contribution is 6.76. The summed E-state index contributed by atoms with van der Waals surface area (Å²) in [7, 11) is 0.346. The summed E-state index contributed by atoms with van der Waals surface area (Å²) < 4.78 is 19.7. The molecule has 0 saturated heterocycles. The zero-order valence-corrected chi connectivity index (χ0v) is 22.9. The topological polar surface area (TPSA) is 121 Å². The number of carbonyl (C=O) groups is 1. The van der Waals surface area contributed by atoms with E-state index in [0.29, 0.717) is 48.5 Å². The fourth-order valence-electron chi connectivity index (χ4n) is 4.23. The van der Waals surface area contributed by atoms with Gasteiger partial charge in [-0.05, 0) is 43.4 Å². The van der Waals surface area contributed by atoms with Gasteiger partial charge in [0, 0.05) is 44.4 Å². The summed E-state index contributed by atoms with van der Waals surface area (Å²) in [6.07, 6.45) is 6.27. The number of nitrogens with zero attached hydrogens (tertiary/aromatic N) is 4. The third-order valence-electron chi connectivity index (χ3n) is 6.74. The number of hydrogen-bond donors (Lipinski definition) is 2. The third kappa shape index (κ3) is 5.94. The molecule has 0 bridgehead atoms. The number of nitrogens with one attached hydrogen (secondary N) is 1. The molecular formula is C26H35N5O5Si. The number of ether oxygens (including phenoxy) is 3. The fraction of sp³-hybridized carbons (Fsp3) is 0.538. The lowest BCUT2D eigenvalue weighted by Gasteiger charge is -2.15. The Balaban J connectivity index is 1.50. The quantitative estimate of drug-likeness (QED) is 0.270. The molecule has 2 aliphatic carbocycles. The normalized spacial score (nSPS) is 19.2. The predicted octanol–water partition coefficient (Wildman–Crippen LogP) is 3.92. The van der Waals surface area contributed by atoms with Gasteiger partial charge in [0.1, 0.15) is 36.2 Å². The van der Waals surface area contributed by atoms with Crippen molar-refractivity contribution in [2.45, 2.75) is 57.8 Å². The summed E-state index contributed by atoms with van der Waals surface area (Å²) in [4.78, 5) is 26.1. The van der Waals surface area contributed by atoms with Crippen LogP contribution in [0.25, 0.3) is 22.2 Å². The minimum absolute atomic E-state index is 0.0256. The van der Waals surface area contributed by atoms with E-state index in [1.165, 1.54) is 6.33 Å². The Morgan fingerprint density at radius 2 is 2.00 bits per heavy atom. The summed E-state index contributed by atoms with van der Waals surface area (Å²) in [5.74, 6) is 1.12. The maximum Gasteiger partial charge on any atom is 0.229 e. The third-order valence-corrected chi connectivity index (χ3v) is 8.44. The Hall–Kier alpha value is -3.02. The molecule has 2 unspecified atom stereocenters. The summed E-state index contributed by atoms with van der Waals surface area (Å²) in [6, 6.07) is 4.77. The minimum Gasteiger partial charge on any atom is -0.480 e. The summed E-state index contributed by atoms with van der Waals surface area (Å²) in [5, 5.41) is 13.1. The first-order valence-electron chi connectivity index (χ1n) is 12.8. The van der Waals surface area contributed by atoms with Crippen molar-refractivity contribution in [3.63, 3.8) is 0 Å². The van der Waals surface area contributed by atoms with Crippen molar-refractivity contribution in [2.75, 3.05) is 25.6 Å². The number of aromatic nitrogens is 4. The van der Waals surface area contributed by atoms with Crippen molar-refractivity contribution < 1.29 is 24.1 Å². The van der Waals surface area contributed by atoms with Crippen molar-refractivity contribution in [1.82, 2.24) is 19.5 Å². The van der Waals surface area contributed by atoms with E-state index in [1.54, 1.807) is 13.2 Å². The molecule has 0 aromatic carbocycles. The average molecular weight is 526 g/mol. The maximum atomic E-state index is 12.6. The van der Waals surface area contributed by atoms with Crippen molar-refractivity contribution in [2.24, 2.45) is 11.8 Å². The molecule has 2 saturated carbocycles. The molecule has 10 nitrogen and oxygen atoms in total. The highest BCUT2D eigenvalue weighted by Crippen LogP contribution is 2.42. The number of aliphatic hydroxyl groups excluding tert-OH is 1. The SMILES string of the molecule is COc1ncnc(OC2CC2)c1-c1cn(COCC[Si](C)(C)C)c2nc(NC(=O)C3CC3CO)ccc12. The molecule has 3 heterocycles. The summed E-state index contributed by atoms with van der Waals surface area (Å²) in [5.41, 5.74) is 2.16. The van der Waals surface area contributed by atoms with Crippen LogP contribution in [0.4, 0.5) is 5.82 Å². The molecule has 2 fully saturated rings. The van der Waals surface area contributed by atoms with E-state index < -0.39 is 8.07 Å². The number of pyridine rings is 1. The average Bonchev–Trinajstić information content (AvgIpc) is 3.79. The number of fused-ring (bicyclic) bond motifs is 1. The fourth-order valence-corrected chi connectivity index (χ4v) is 4.99. The van der Waals surface area contributed by atoms with E-state index >= 15 is 0 Å². The number of amides is 1. The minimum atomic E-state index is -1.23. The van der Waals surface area contributed by atoms with E-state index in [4.69, 9.17) is 19.2 Å². The van der Waals surface area contributed by atoms with Gasteiger partial charge < -0.3 is 29.2 Å². The molecule has 3 aromatic rings. The highest BCUT2D eigenvalue weighted by atomic mass is 28.3. The van der Waals surface area contributed by atoms with E-state index in [2.05, 4.69) is 34.9 Å². The van der Waals surface area contributed by atoms with Gasteiger partial charge in [-0.1, -0.05) is 19.6 Å². The van der Waals surface area contributed by atoms with Gasteiger partial charge in [-0.3, -0.25) is 4.79 Å². The molecule has 0 aliphatic heterocycles. The van der Waals surface area contributed by atoms with Gasteiger partial charge in [0.05, 0.1) is 7.11 Å². The Labute approximate surface area is 217 Å². The second-order valence-electron chi connectivity index (χ2n) is 11.1. The molecule has 2 aliphatic rings. The van der Waals surface area contributed by atoms with Crippen molar-refractivity contribution in [3.8, 4) is 22.9 Å². The predicted molar refractivity (Wildman–Crippen MR) is 142 cm³/mol. The van der Waals surface area contributed by atoms with Crippen molar-refractivity contribution in [1.29, 1.82) is 0 Å². The number of aliphatic hydroxyl groups is 1. The van der Waals surface area contributed by atoms with Crippen molar-refractivity contribution >= 4 is 30.8 Å². The molecule has 2 N–H and O–H groups in total. The molecule has 37 heavy (non-hydrogen) atoms. The van der Waals surface area contributed by atoms with Crippen LogP contribution in [-0.4, -0.2) is 65.0 Å².